The summed E-state index contributed by atoms with van der Waals surface area (Å²) in [6, 6.07) is 0. The van der Waals surface area contributed by atoms with Crippen molar-refractivity contribution < 1.29 is 4.79 Å². The molecule has 4 nitrogen and oxygen atoms in total. The van der Waals surface area contributed by atoms with Crippen molar-refractivity contribution in [3.63, 3.8) is 0 Å². The molecule has 3 aliphatic rings. The molecule has 0 bridgehead atoms. The van der Waals surface area contributed by atoms with Crippen LogP contribution in [0.1, 0.15) is 98.3 Å². The maximum atomic E-state index is 13.0. The van der Waals surface area contributed by atoms with Crippen LogP contribution in [-0.2, 0) is 4.79 Å². The maximum absolute atomic E-state index is 13.0. The van der Waals surface area contributed by atoms with E-state index in [1.807, 2.05) is 0 Å². The number of nitrogens with zero attached hydrogens (tertiary/aromatic N) is 3. The second-order valence-corrected chi connectivity index (χ2v) is 12.1. The Morgan fingerprint density at radius 2 is 1.81 bits per heavy atom. The number of amides is 1. The van der Waals surface area contributed by atoms with Gasteiger partial charge in [-0.3, -0.25) is 9.79 Å². The van der Waals surface area contributed by atoms with Gasteiger partial charge in [-0.05, 0) is 102 Å². The molecule has 0 radical (unpaired) electrons. The summed E-state index contributed by atoms with van der Waals surface area (Å²) in [5.41, 5.74) is 3.00. The summed E-state index contributed by atoms with van der Waals surface area (Å²) >= 11 is 0. The fourth-order valence-corrected chi connectivity index (χ4v) is 6.16. The van der Waals surface area contributed by atoms with Crippen LogP contribution in [0.5, 0.6) is 0 Å². The first-order chi connectivity index (χ1) is 18.0. The van der Waals surface area contributed by atoms with Crippen LogP contribution in [-0.4, -0.2) is 61.2 Å². The summed E-state index contributed by atoms with van der Waals surface area (Å²) in [6.45, 7) is 15.3. The summed E-state index contributed by atoms with van der Waals surface area (Å²) in [6.07, 6.45) is 24.4. The number of rotatable bonds is 12. The van der Waals surface area contributed by atoms with Crippen LogP contribution < -0.4 is 0 Å². The SMILES string of the molecule is C/C=C(\C=C/CC1=CCC(C(=O)N2CCC(CC)CC2)CC1)CCC1CCN(CC/N=C/C(C)C)CC1. The number of likely N-dealkylation sites (tertiary alicyclic amines) is 2. The first-order valence-corrected chi connectivity index (χ1v) is 15.5. The molecule has 0 saturated carbocycles. The van der Waals surface area contributed by atoms with Gasteiger partial charge in [-0.25, -0.2) is 0 Å². The maximum Gasteiger partial charge on any atom is 0.226 e. The van der Waals surface area contributed by atoms with E-state index in [1.54, 1.807) is 0 Å². The molecule has 3 rings (SSSR count). The van der Waals surface area contributed by atoms with Crippen molar-refractivity contribution in [3.05, 3.63) is 35.5 Å². The van der Waals surface area contributed by atoms with Gasteiger partial charge in [0.05, 0.1) is 6.54 Å². The Bertz CT molecular complexity index is 792. The van der Waals surface area contributed by atoms with Gasteiger partial charge in [-0.1, -0.05) is 62.6 Å². The zero-order valence-corrected chi connectivity index (χ0v) is 24.5. The first-order valence-electron chi connectivity index (χ1n) is 15.5. The van der Waals surface area contributed by atoms with Gasteiger partial charge >= 0.3 is 0 Å². The van der Waals surface area contributed by atoms with Gasteiger partial charge in [-0.2, -0.15) is 0 Å². The molecule has 2 fully saturated rings. The number of allylic oxidation sites excluding steroid dienone is 6. The third-order valence-corrected chi connectivity index (χ3v) is 8.94. The fraction of sp³-hybridized carbons (Fsp3) is 0.758. The molecular formula is C33H55N3O. The minimum Gasteiger partial charge on any atom is -0.342 e. The normalized spacial score (nSPS) is 23.5. The lowest BCUT2D eigenvalue weighted by molar-refractivity contribution is -0.137. The summed E-state index contributed by atoms with van der Waals surface area (Å²) in [4.78, 5) is 22.3. The van der Waals surface area contributed by atoms with E-state index in [-0.39, 0.29) is 5.92 Å². The summed E-state index contributed by atoms with van der Waals surface area (Å²) < 4.78 is 0. The zero-order valence-electron chi connectivity index (χ0n) is 24.5. The standard InChI is InChI=1S/C33H55N3O/c1-5-28(10-11-31-16-21-35(22-17-31)25-20-34-26-27(3)4)8-7-9-30-12-14-32(15-13-30)33(37)36-23-18-29(6-2)19-24-36/h5,7-8,12,26-27,29,31-32H,6,9-11,13-25H2,1-4H3/b8-7-,28-5+,34-26+. The monoisotopic (exact) mass is 509 g/mol. The van der Waals surface area contributed by atoms with Gasteiger partial charge in [0.25, 0.3) is 0 Å². The number of carbonyl (C=O) groups is 1. The second kappa shape index (κ2) is 16.3. The quantitative estimate of drug-likeness (QED) is 0.155. The van der Waals surface area contributed by atoms with Crippen molar-refractivity contribution in [2.45, 2.75) is 98.3 Å². The summed E-state index contributed by atoms with van der Waals surface area (Å²) in [7, 11) is 0. The highest BCUT2D eigenvalue weighted by Gasteiger charge is 2.28. The third-order valence-electron chi connectivity index (χ3n) is 8.94. The number of piperidine rings is 2. The lowest BCUT2D eigenvalue weighted by Gasteiger charge is -2.34. The molecule has 37 heavy (non-hydrogen) atoms. The average Bonchev–Trinajstić information content (AvgIpc) is 2.93. The van der Waals surface area contributed by atoms with Gasteiger partial charge in [0.2, 0.25) is 5.91 Å². The van der Waals surface area contributed by atoms with Crippen molar-refractivity contribution in [2.75, 3.05) is 39.3 Å². The highest BCUT2D eigenvalue weighted by molar-refractivity contribution is 5.79. The van der Waals surface area contributed by atoms with Crippen molar-refractivity contribution in [1.82, 2.24) is 9.80 Å². The van der Waals surface area contributed by atoms with E-state index >= 15 is 0 Å². The lowest BCUT2D eigenvalue weighted by Crippen LogP contribution is -2.42. The molecule has 2 heterocycles. The molecule has 208 valence electrons. The van der Waals surface area contributed by atoms with Gasteiger partial charge in [0.15, 0.2) is 0 Å². The van der Waals surface area contributed by atoms with Gasteiger partial charge in [-0.15, -0.1) is 0 Å². The Kier molecular flexibility index (Phi) is 13.2. The van der Waals surface area contributed by atoms with Gasteiger partial charge in [0, 0.05) is 31.8 Å². The molecule has 0 aromatic heterocycles. The second-order valence-electron chi connectivity index (χ2n) is 12.1. The molecule has 0 N–H and O–H groups in total. The predicted octanol–water partition coefficient (Wildman–Crippen LogP) is 7.47. The van der Waals surface area contributed by atoms with Crippen LogP contribution in [0.4, 0.5) is 0 Å². The number of hydrogen-bond acceptors (Lipinski definition) is 3. The van der Waals surface area contributed by atoms with Crippen molar-refractivity contribution in [3.8, 4) is 0 Å². The Balaban J connectivity index is 1.31. The van der Waals surface area contributed by atoms with Crippen LogP contribution in [0.25, 0.3) is 0 Å². The fourth-order valence-electron chi connectivity index (χ4n) is 6.16. The smallest absolute Gasteiger partial charge is 0.226 e. The predicted molar refractivity (Wildman–Crippen MR) is 159 cm³/mol. The van der Waals surface area contributed by atoms with Crippen LogP contribution in [0, 0.1) is 23.7 Å². The van der Waals surface area contributed by atoms with Crippen LogP contribution in [0.3, 0.4) is 0 Å². The zero-order chi connectivity index (χ0) is 26.5. The Morgan fingerprint density at radius 1 is 1.08 bits per heavy atom. The minimum absolute atomic E-state index is 0.219. The highest BCUT2D eigenvalue weighted by Crippen LogP contribution is 2.30. The number of hydrogen-bond donors (Lipinski definition) is 0. The molecular weight excluding hydrogens is 454 g/mol. The first kappa shape index (κ1) is 29.9. The van der Waals surface area contributed by atoms with E-state index in [0.29, 0.717) is 11.8 Å². The number of carbonyl (C=O) groups excluding carboxylic acids is 1. The van der Waals surface area contributed by atoms with Crippen LogP contribution in [0.2, 0.25) is 0 Å². The molecule has 2 aliphatic heterocycles. The van der Waals surface area contributed by atoms with Crippen molar-refractivity contribution in [2.24, 2.45) is 28.7 Å². The van der Waals surface area contributed by atoms with E-state index < -0.39 is 0 Å². The van der Waals surface area contributed by atoms with Crippen LogP contribution in [0.15, 0.2) is 40.4 Å². The summed E-state index contributed by atoms with van der Waals surface area (Å²) in [5.74, 6) is 2.88. The van der Waals surface area contributed by atoms with E-state index in [2.05, 4.69) is 73.0 Å². The Morgan fingerprint density at radius 3 is 2.43 bits per heavy atom. The molecule has 1 amide bonds. The topological polar surface area (TPSA) is 35.9 Å². The van der Waals surface area contributed by atoms with Crippen molar-refractivity contribution >= 4 is 12.1 Å². The Hall–Kier alpha value is -1.68. The molecule has 0 aromatic rings. The molecule has 1 unspecified atom stereocenters. The summed E-state index contributed by atoms with van der Waals surface area (Å²) in [5, 5.41) is 0. The van der Waals surface area contributed by atoms with E-state index in [4.69, 9.17) is 0 Å². The molecule has 4 heteroatoms. The van der Waals surface area contributed by atoms with Gasteiger partial charge in [0.1, 0.15) is 0 Å². The van der Waals surface area contributed by atoms with E-state index in [0.717, 1.165) is 63.7 Å². The Labute approximate surface area is 228 Å². The molecule has 1 aliphatic carbocycles. The number of aliphatic imine (C=N–C) groups is 1. The van der Waals surface area contributed by atoms with Crippen molar-refractivity contribution in [1.29, 1.82) is 0 Å². The lowest BCUT2D eigenvalue weighted by atomic mass is 9.86. The molecule has 2 saturated heterocycles. The third kappa shape index (κ3) is 10.5. The van der Waals surface area contributed by atoms with E-state index in [1.165, 1.54) is 69.2 Å². The highest BCUT2D eigenvalue weighted by atomic mass is 16.2. The van der Waals surface area contributed by atoms with Gasteiger partial charge < -0.3 is 9.80 Å². The van der Waals surface area contributed by atoms with E-state index in [9.17, 15) is 4.79 Å². The minimum atomic E-state index is 0.219. The van der Waals surface area contributed by atoms with Crippen LogP contribution >= 0.6 is 0 Å². The molecule has 1 atom stereocenters. The average molecular weight is 510 g/mol. The molecule has 0 spiro atoms. The molecule has 0 aromatic carbocycles. The largest absolute Gasteiger partial charge is 0.342 e.